The zero-order valence-corrected chi connectivity index (χ0v) is 11.1. The van der Waals surface area contributed by atoms with Crippen LogP contribution in [0.25, 0.3) is 0 Å². The second kappa shape index (κ2) is 6.05. The summed E-state index contributed by atoms with van der Waals surface area (Å²) < 4.78 is 2.00. The summed E-state index contributed by atoms with van der Waals surface area (Å²) in [5.41, 5.74) is 6.80. The Balaban J connectivity index is 2.00. The van der Waals surface area contributed by atoms with E-state index in [9.17, 15) is 4.79 Å². The molecule has 0 spiro atoms. The molecule has 0 aromatic carbocycles. The summed E-state index contributed by atoms with van der Waals surface area (Å²) in [4.78, 5) is 12.2. The third-order valence-corrected chi connectivity index (χ3v) is 3.66. The number of carbonyl (C=O) groups excluding carboxylic acids is 1. The van der Waals surface area contributed by atoms with Crippen LogP contribution in [-0.4, -0.2) is 22.6 Å². The summed E-state index contributed by atoms with van der Waals surface area (Å²) in [5.74, 6) is 0.0100. The number of aromatic nitrogens is 1. The van der Waals surface area contributed by atoms with Gasteiger partial charge in [0.05, 0.1) is 0 Å². The molecule has 1 heterocycles. The maximum absolute atomic E-state index is 12.2. The van der Waals surface area contributed by atoms with Crippen molar-refractivity contribution in [2.75, 3.05) is 0 Å². The topological polar surface area (TPSA) is 60.0 Å². The van der Waals surface area contributed by atoms with Crippen molar-refractivity contribution in [3.05, 3.63) is 24.0 Å². The second-order valence-electron chi connectivity index (χ2n) is 5.12. The highest BCUT2D eigenvalue weighted by atomic mass is 16.2. The molecule has 1 saturated carbocycles. The fraction of sp³-hybridized carbons (Fsp3) is 0.643. The smallest absolute Gasteiger partial charge is 0.268 e. The van der Waals surface area contributed by atoms with Crippen molar-refractivity contribution in [3.63, 3.8) is 0 Å². The van der Waals surface area contributed by atoms with Gasteiger partial charge in [0.2, 0.25) is 0 Å². The number of nitrogens with two attached hydrogens (primary N) is 1. The van der Waals surface area contributed by atoms with Crippen LogP contribution in [0.4, 0.5) is 0 Å². The minimum Gasteiger partial charge on any atom is -0.346 e. The minimum atomic E-state index is 0.0100. The molecule has 0 saturated heterocycles. The standard InChI is InChI=1S/C14H23N3O/c1-2-9-17-10-5-8-13(17)14(18)16-12-7-4-3-6-11(12)15/h5,8,10-12H,2-4,6-7,9,15H2,1H3,(H,16,18). The predicted octanol–water partition coefficient (Wildman–Crippen LogP) is 1.90. The molecule has 0 radical (unpaired) electrons. The van der Waals surface area contributed by atoms with Crippen molar-refractivity contribution < 1.29 is 4.79 Å². The van der Waals surface area contributed by atoms with Gasteiger partial charge >= 0.3 is 0 Å². The Morgan fingerprint density at radius 1 is 1.50 bits per heavy atom. The Morgan fingerprint density at radius 2 is 2.28 bits per heavy atom. The molecule has 1 amide bonds. The first-order chi connectivity index (χ1) is 8.72. The number of hydrogen-bond acceptors (Lipinski definition) is 2. The highest BCUT2D eigenvalue weighted by molar-refractivity contribution is 5.93. The van der Waals surface area contributed by atoms with Crippen molar-refractivity contribution in [3.8, 4) is 0 Å². The van der Waals surface area contributed by atoms with Gasteiger partial charge in [-0.3, -0.25) is 4.79 Å². The van der Waals surface area contributed by atoms with E-state index >= 15 is 0 Å². The maximum Gasteiger partial charge on any atom is 0.268 e. The Kier molecular flexibility index (Phi) is 4.42. The summed E-state index contributed by atoms with van der Waals surface area (Å²) in [5, 5.41) is 3.09. The van der Waals surface area contributed by atoms with Gasteiger partial charge in [-0.05, 0) is 31.4 Å². The average molecular weight is 249 g/mol. The fourth-order valence-electron chi connectivity index (χ4n) is 2.64. The first-order valence-corrected chi connectivity index (χ1v) is 6.94. The van der Waals surface area contributed by atoms with E-state index in [0.717, 1.165) is 37.9 Å². The number of carbonyl (C=O) groups is 1. The van der Waals surface area contributed by atoms with Gasteiger partial charge in [-0.2, -0.15) is 0 Å². The van der Waals surface area contributed by atoms with Gasteiger partial charge in [0.1, 0.15) is 5.69 Å². The van der Waals surface area contributed by atoms with Gasteiger partial charge in [0.15, 0.2) is 0 Å². The molecule has 2 unspecified atom stereocenters. The zero-order valence-electron chi connectivity index (χ0n) is 11.1. The predicted molar refractivity (Wildman–Crippen MR) is 72.4 cm³/mol. The van der Waals surface area contributed by atoms with Gasteiger partial charge in [-0.1, -0.05) is 19.8 Å². The van der Waals surface area contributed by atoms with Crippen molar-refractivity contribution in [1.82, 2.24) is 9.88 Å². The van der Waals surface area contributed by atoms with Crippen molar-refractivity contribution in [2.45, 2.75) is 57.7 Å². The van der Waals surface area contributed by atoms with Crippen LogP contribution < -0.4 is 11.1 Å². The lowest BCUT2D eigenvalue weighted by atomic mass is 9.91. The lowest BCUT2D eigenvalue weighted by Crippen LogP contribution is -2.49. The number of nitrogens with one attached hydrogen (secondary N) is 1. The van der Waals surface area contributed by atoms with Crippen LogP contribution in [0.5, 0.6) is 0 Å². The average Bonchev–Trinajstić information content (AvgIpc) is 2.81. The summed E-state index contributed by atoms with van der Waals surface area (Å²) in [6.07, 6.45) is 7.34. The van der Waals surface area contributed by atoms with Crippen LogP contribution in [0, 0.1) is 0 Å². The molecule has 0 aliphatic heterocycles. The molecule has 1 aromatic rings. The molecule has 2 rings (SSSR count). The summed E-state index contributed by atoms with van der Waals surface area (Å²) in [6, 6.07) is 4.04. The Bertz CT molecular complexity index is 399. The van der Waals surface area contributed by atoms with Crippen LogP contribution in [0.1, 0.15) is 49.5 Å². The summed E-state index contributed by atoms with van der Waals surface area (Å²) in [7, 11) is 0. The van der Waals surface area contributed by atoms with E-state index in [-0.39, 0.29) is 18.0 Å². The Hall–Kier alpha value is -1.29. The van der Waals surface area contributed by atoms with Crippen molar-refractivity contribution in [1.29, 1.82) is 0 Å². The van der Waals surface area contributed by atoms with Gasteiger partial charge in [-0.15, -0.1) is 0 Å². The van der Waals surface area contributed by atoms with E-state index in [4.69, 9.17) is 5.73 Å². The molecule has 1 aliphatic rings. The monoisotopic (exact) mass is 249 g/mol. The first-order valence-electron chi connectivity index (χ1n) is 6.94. The van der Waals surface area contributed by atoms with Crippen LogP contribution in [-0.2, 0) is 6.54 Å². The van der Waals surface area contributed by atoms with E-state index < -0.39 is 0 Å². The lowest BCUT2D eigenvalue weighted by molar-refractivity contribution is 0.0911. The van der Waals surface area contributed by atoms with Crippen LogP contribution in [0.15, 0.2) is 18.3 Å². The minimum absolute atomic E-state index is 0.0100. The van der Waals surface area contributed by atoms with E-state index in [0.29, 0.717) is 0 Å². The lowest BCUT2D eigenvalue weighted by Gasteiger charge is -2.29. The highest BCUT2D eigenvalue weighted by Gasteiger charge is 2.24. The zero-order chi connectivity index (χ0) is 13.0. The molecule has 4 nitrogen and oxygen atoms in total. The molecule has 4 heteroatoms. The normalized spacial score (nSPS) is 23.9. The van der Waals surface area contributed by atoms with E-state index in [1.165, 1.54) is 6.42 Å². The molecular weight excluding hydrogens is 226 g/mol. The van der Waals surface area contributed by atoms with E-state index in [1.54, 1.807) is 0 Å². The number of aryl methyl sites for hydroxylation is 1. The third-order valence-electron chi connectivity index (χ3n) is 3.66. The first kappa shape index (κ1) is 13.1. The summed E-state index contributed by atoms with van der Waals surface area (Å²) >= 11 is 0. The molecule has 1 aliphatic carbocycles. The molecule has 1 fully saturated rings. The van der Waals surface area contributed by atoms with E-state index in [1.807, 2.05) is 22.9 Å². The largest absolute Gasteiger partial charge is 0.346 e. The fourth-order valence-corrected chi connectivity index (χ4v) is 2.64. The number of nitrogens with zero attached hydrogens (tertiary/aromatic N) is 1. The van der Waals surface area contributed by atoms with Crippen LogP contribution in [0.2, 0.25) is 0 Å². The number of rotatable bonds is 4. The highest BCUT2D eigenvalue weighted by Crippen LogP contribution is 2.17. The Labute approximate surface area is 109 Å². The quantitative estimate of drug-likeness (QED) is 0.856. The maximum atomic E-state index is 12.2. The third kappa shape index (κ3) is 2.93. The SMILES string of the molecule is CCCn1cccc1C(=O)NC1CCCCC1N. The van der Waals surface area contributed by atoms with Crippen molar-refractivity contribution in [2.24, 2.45) is 5.73 Å². The number of hydrogen-bond donors (Lipinski definition) is 2. The summed E-state index contributed by atoms with van der Waals surface area (Å²) in [6.45, 7) is 2.99. The van der Waals surface area contributed by atoms with Gasteiger partial charge in [0.25, 0.3) is 5.91 Å². The molecule has 3 N–H and O–H groups in total. The molecule has 18 heavy (non-hydrogen) atoms. The Morgan fingerprint density at radius 3 is 3.00 bits per heavy atom. The number of amides is 1. The molecule has 0 bridgehead atoms. The van der Waals surface area contributed by atoms with Gasteiger partial charge < -0.3 is 15.6 Å². The molecular formula is C14H23N3O. The van der Waals surface area contributed by atoms with Crippen LogP contribution in [0.3, 0.4) is 0 Å². The van der Waals surface area contributed by atoms with Crippen LogP contribution >= 0.6 is 0 Å². The molecule has 2 atom stereocenters. The van der Waals surface area contributed by atoms with E-state index in [2.05, 4.69) is 12.2 Å². The molecule has 100 valence electrons. The molecule has 1 aromatic heterocycles. The van der Waals surface area contributed by atoms with Gasteiger partial charge in [-0.25, -0.2) is 0 Å². The second-order valence-corrected chi connectivity index (χ2v) is 5.12. The van der Waals surface area contributed by atoms with Crippen molar-refractivity contribution >= 4 is 5.91 Å². The van der Waals surface area contributed by atoms with Gasteiger partial charge in [0, 0.05) is 24.8 Å².